The van der Waals surface area contributed by atoms with Crippen molar-refractivity contribution in [3.63, 3.8) is 0 Å². The summed E-state index contributed by atoms with van der Waals surface area (Å²) in [6.07, 6.45) is -0.496. The number of carbonyl (C=O) groups excluding carboxylic acids is 1. The summed E-state index contributed by atoms with van der Waals surface area (Å²) in [6, 6.07) is 25.1. The summed E-state index contributed by atoms with van der Waals surface area (Å²) >= 11 is 0. The molecule has 2 bridgehead atoms. The summed E-state index contributed by atoms with van der Waals surface area (Å²) in [4.78, 5) is 14.1. The van der Waals surface area contributed by atoms with Crippen LogP contribution < -0.4 is 15.1 Å². The third-order valence-electron chi connectivity index (χ3n) is 10.2. The molecule has 5 nitrogen and oxygen atoms in total. The predicted molar refractivity (Wildman–Crippen MR) is 159 cm³/mol. The van der Waals surface area contributed by atoms with Gasteiger partial charge in [-0.25, -0.2) is 0 Å². The maximum absolute atomic E-state index is 14.1. The van der Waals surface area contributed by atoms with Crippen LogP contribution in [-0.2, 0) is 20.4 Å². The van der Waals surface area contributed by atoms with Gasteiger partial charge in [0.1, 0.15) is 17.3 Å². The third-order valence-corrected chi connectivity index (χ3v) is 15.2. The molecule has 6 atom stereocenters. The lowest BCUT2D eigenvalue weighted by Crippen LogP contribution is -2.71. The van der Waals surface area contributed by atoms with Crippen molar-refractivity contribution in [1.82, 2.24) is 0 Å². The molecule has 2 saturated heterocycles. The van der Waals surface area contributed by atoms with Crippen molar-refractivity contribution in [3.8, 4) is 5.75 Å². The Bertz CT molecular complexity index is 1380. The number of esters is 1. The SMILES string of the molecule is COc1ccc2c(c1C)C[C@H]1C2C2(CO[Si](c3ccccc3)(c3ccccc3)C(C)(C)C)C(=O)O[C@@H]1[C@@H](O)C2C. The first kappa shape index (κ1) is 27.2. The summed E-state index contributed by atoms with van der Waals surface area (Å²) in [5.74, 6) is 0.216. The Labute approximate surface area is 238 Å². The second-order valence-electron chi connectivity index (χ2n) is 12.9. The van der Waals surface area contributed by atoms with Gasteiger partial charge >= 0.3 is 5.97 Å². The molecule has 2 aliphatic heterocycles. The fraction of sp³-hybridized carbons (Fsp3) is 0.441. The zero-order chi connectivity index (χ0) is 28.4. The second-order valence-corrected chi connectivity index (χ2v) is 17.3. The van der Waals surface area contributed by atoms with Crippen molar-refractivity contribution in [2.75, 3.05) is 13.7 Å². The number of carbonyl (C=O) groups is 1. The summed E-state index contributed by atoms with van der Waals surface area (Å²) in [7, 11) is -1.24. The molecule has 0 amide bonds. The van der Waals surface area contributed by atoms with Crippen LogP contribution in [0.2, 0.25) is 5.04 Å². The molecule has 0 aromatic heterocycles. The Hall–Kier alpha value is -2.93. The lowest BCUT2D eigenvalue weighted by atomic mass is 9.53. The average Bonchev–Trinajstić information content (AvgIpc) is 3.35. The van der Waals surface area contributed by atoms with Crippen LogP contribution in [0.3, 0.4) is 0 Å². The number of ether oxygens (including phenoxy) is 2. The molecule has 7 rings (SSSR count). The lowest BCUT2D eigenvalue weighted by molar-refractivity contribution is -0.239. The van der Waals surface area contributed by atoms with Crippen LogP contribution in [0.15, 0.2) is 72.8 Å². The lowest BCUT2D eigenvalue weighted by Gasteiger charge is -2.58. The van der Waals surface area contributed by atoms with Crippen LogP contribution in [0.5, 0.6) is 5.75 Å². The van der Waals surface area contributed by atoms with Crippen molar-refractivity contribution in [1.29, 1.82) is 0 Å². The molecule has 2 aliphatic carbocycles. The number of aliphatic hydroxyl groups is 1. The molecule has 3 fully saturated rings. The van der Waals surface area contributed by atoms with E-state index >= 15 is 0 Å². The van der Waals surface area contributed by atoms with E-state index in [0.29, 0.717) is 0 Å². The van der Waals surface area contributed by atoms with Gasteiger partial charge in [-0.3, -0.25) is 4.79 Å². The van der Waals surface area contributed by atoms with E-state index in [-0.39, 0.29) is 35.4 Å². The Morgan fingerprint density at radius 3 is 2.15 bits per heavy atom. The van der Waals surface area contributed by atoms with Gasteiger partial charge < -0.3 is 19.0 Å². The molecule has 4 aliphatic rings. The van der Waals surface area contributed by atoms with Gasteiger partial charge in [-0.2, -0.15) is 0 Å². The maximum atomic E-state index is 14.1. The molecule has 0 spiro atoms. The molecule has 210 valence electrons. The van der Waals surface area contributed by atoms with Crippen LogP contribution in [0.4, 0.5) is 0 Å². The molecule has 3 aromatic carbocycles. The fourth-order valence-corrected chi connectivity index (χ4v) is 12.8. The van der Waals surface area contributed by atoms with Crippen molar-refractivity contribution in [2.45, 2.75) is 64.2 Å². The van der Waals surface area contributed by atoms with Crippen LogP contribution in [0.1, 0.15) is 50.3 Å². The van der Waals surface area contributed by atoms with Crippen molar-refractivity contribution in [2.24, 2.45) is 17.3 Å². The van der Waals surface area contributed by atoms with Crippen molar-refractivity contribution < 1.29 is 23.8 Å². The van der Waals surface area contributed by atoms with E-state index in [0.717, 1.165) is 17.7 Å². The number of hydrogen-bond donors (Lipinski definition) is 1. The van der Waals surface area contributed by atoms with E-state index in [1.54, 1.807) is 7.11 Å². The highest BCUT2D eigenvalue weighted by Gasteiger charge is 2.70. The van der Waals surface area contributed by atoms with Crippen LogP contribution >= 0.6 is 0 Å². The first-order chi connectivity index (χ1) is 19.1. The zero-order valence-corrected chi connectivity index (χ0v) is 25.3. The molecular weight excluding hydrogens is 516 g/mol. The van der Waals surface area contributed by atoms with E-state index in [1.807, 2.05) is 25.1 Å². The Morgan fingerprint density at radius 2 is 1.60 bits per heavy atom. The number of fused-ring (bicyclic) bond motifs is 3. The minimum Gasteiger partial charge on any atom is -0.496 e. The van der Waals surface area contributed by atoms with Gasteiger partial charge in [-0.05, 0) is 51.5 Å². The molecule has 0 radical (unpaired) electrons. The molecule has 3 aromatic rings. The highest BCUT2D eigenvalue weighted by Crippen LogP contribution is 2.63. The predicted octanol–water partition coefficient (Wildman–Crippen LogP) is 4.76. The maximum Gasteiger partial charge on any atom is 0.315 e. The van der Waals surface area contributed by atoms with E-state index in [1.165, 1.54) is 21.5 Å². The molecule has 1 N–H and O–H groups in total. The van der Waals surface area contributed by atoms with Crippen molar-refractivity contribution >= 4 is 24.7 Å². The average molecular weight is 557 g/mol. The van der Waals surface area contributed by atoms with E-state index in [4.69, 9.17) is 13.9 Å². The third kappa shape index (κ3) is 3.62. The smallest absolute Gasteiger partial charge is 0.315 e. The second kappa shape index (κ2) is 9.57. The number of methoxy groups -OCH3 is 1. The van der Waals surface area contributed by atoms with Gasteiger partial charge in [0.15, 0.2) is 0 Å². The Morgan fingerprint density at radius 1 is 1.00 bits per heavy atom. The normalized spacial score (nSPS) is 29.1. The van der Waals surface area contributed by atoms with E-state index in [2.05, 4.69) is 82.3 Å². The van der Waals surface area contributed by atoms with Gasteiger partial charge in [0.2, 0.25) is 0 Å². The molecular formula is C34H40O5Si. The summed E-state index contributed by atoms with van der Waals surface area (Å²) in [5.41, 5.74) is 2.49. The monoisotopic (exact) mass is 556 g/mol. The van der Waals surface area contributed by atoms with Gasteiger partial charge in [0.05, 0.1) is 19.8 Å². The minimum atomic E-state index is -2.93. The summed E-state index contributed by atoms with van der Waals surface area (Å²) in [6.45, 7) is 11.0. The van der Waals surface area contributed by atoms with Crippen LogP contribution in [-0.4, -0.2) is 45.3 Å². The standard InChI is InChI=1S/C34H40O5Si/c1-21-26-19-27-29(25(26)17-18-28(21)37-6)34(22(2)30(35)31(27)39-32(34)36)20-38-40(33(3,4)5,23-13-9-7-10-14-23)24-15-11-8-12-16-24/h7-18,22,27,29-31,35H,19-20H2,1-6H3/t22?,27-,29?,30-,31-,34?/m0/s1. The molecule has 6 heteroatoms. The number of rotatable bonds is 6. The first-order valence-electron chi connectivity index (χ1n) is 14.4. The van der Waals surface area contributed by atoms with Gasteiger partial charge in [-0.15, -0.1) is 0 Å². The number of benzene rings is 3. The minimum absolute atomic E-state index is 0.00691. The van der Waals surface area contributed by atoms with Crippen molar-refractivity contribution in [3.05, 3.63) is 89.5 Å². The quantitative estimate of drug-likeness (QED) is 0.351. The van der Waals surface area contributed by atoms with Crippen LogP contribution in [0, 0.1) is 24.2 Å². The Kier molecular flexibility index (Phi) is 6.52. The first-order valence-corrected chi connectivity index (χ1v) is 16.3. The molecule has 1 saturated carbocycles. The van der Waals surface area contributed by atoms with E-state index in [9.17, 15) is 9.90 Å². The van der Waals surface area contributed by atoms with Gasteiger partial charge in [-0.1, -0.05) is 94.4 Å². The highest BCUT2D eigenvalue weighted by molar-refractivity contribution is 6.99. The van der Waals surface area contributed by atoms with Gasteiger partial charge in [0.25, 0.3) is 8.32 Å². The zero-order valence-electron chi connectivity index (χ0n) is 24.3. The molecule has 40 heavy (non-hydrogen) atoms. The summed E-state index contributed by atoms with van der Waals surface area (Å²) < 4.78 is 19.1. The molecule has 3 unspecified atom stereocenters. The topological polar surface area (TPSA) is 65.0 Å². The molecule has 2 heterocycles. The Balaban J connectivity index is 1.52. The van der Waals surface area contributed by atoms with E-state index < -0.39 is 25.9 Å². The van der Waals surface area contributed by atoms with Gasteiger partial charge in [0, 0.05) is 17.8 Å². The van der Waals surface area contributed by atoms with Crippen LogP contribution in [0.25, 0.3) is 0 Å². The number of hydrogen-bond acceptors (Lipinski definition) is 5. The largest absolute Gasteiger partial charge is 0.496 e. The fourth-order valence-electron chi connectivity index (χ4n) is 8.19. The number of aliphatic hydroxyl groups excluding tert-OH is 1. The highest BCUT2D eigenvalue weighted by atomic mass is 28.4. The summed E-state index contributed by atoms with van der Waals surface area (Å²) in [5, 5.41) is 13.6.